The highest BCUT2D eigenvalue weighted by Gasteiger charge is 2.22. The summed E-state index contributed by atoms with van der Waals surface area (Å²) in [6.45, 7) is 2.20. The maximum Gasteiger partial charge on any atom is 0.271 e. The van der Waals surface area contributed by atoms with Crippen LogP contribution in [0.25, 0.3) is 4.96 Å². The van der Waals surface area contributed by atoms with Crippen LogP contribution in [0, 0.1) is 5.92 Å². The van der Waals surface area contributed by atoms with Crippen molar-refractivity contribution in [3.8, 4) is 0 Å². The number of hydrogen-bond acceptors (Lipinski definition) is 4. The molecule has 1 saturated carbocycles. The Morgan fingerprint density at radius 3 is 3.15 bits per heavy atom. The minimum atomic E-state index is -0.304. The summed E-state index contributed by atoms with van der Waals surface area (Å²) < 4.78 is 1.42. The molecule has 0 aliphatic heterocycles. The van der Waals surface area contributed by atoms with Gasteiger partial charge in [-0.2, -0.15) is 0 Å². The van der Waals surface area contributed by atoms with Crippen molar-refractivity contribution in [1.82, 2.24) is 14.7 Å². The fraction of sp³-hybridized carbons (Fsp3) is 0.500. The van der Waals surface area contributed by atoms with E-state index in [9.17, 15) is 9.59 Å². The lowest BCUT2D eigenvalue weighted by molar-refractivity contribution is 0.0919. The molecule has 2 atom stereocenters. The number of thiazole rings is 1. The Hall–Kier alpha value is -1.69. The van der Waals surface area contributed by atoms with Crippen LogP contribution in [-0.2, 0) is 0 Å². The molecule has 0 bridgehead atoms. The fourth-order valence-electron chi connectivity index (χ4n) is 2.81. The van der Waals surface area contributed by atoms with Crippen molar-refractivity contribution in [2.24, 2.45) is 5.92 Å². The van der Waals surface area contributed by atoms with Crippen LogP contribution in [-0.4, -0.2) is 21.3 Å². The van der Waals surface area contributed by atoms with Crippen molar-refractivity contribution in [3.63, 3.8) is 0 Å². The number of nitrogens with one attached hydrogen (secondary N) is 1. The van der Waals surface area contributed by atoms with Gasteiger partial charge in [-0.3, -0.25) is 14.0 Å². The Balaban J connectivity index is 1.81. The van der Waals surface area contributed by atoms with Crippen LogP contribution in [0.15, 0.2) is 22.6 Å². The van der Waals surface area contributed by atoms with Crippen LogP contribution in [0.1, 0.15) is 43.0 Å². The maximum atomic E-state index is 12.2. The lowest BCUT2D eigenvalue weighted by Crippen LogP contribution is -2.40. The molecule has 1 aliphatic rings. The van der Waals surface area contributed by atoms with Gasteiger partial charge in [-0.15, -0.1) is 11.3 Å². The van der Waals surface area contributed by atoms with E-state index in [2.05, 4.69) is 17.2 Å². The zero-order chi connectivity index (χ0) is 14.1. The van der Waals surface area contributed by atoms with Crippen molar-refractivity contribution in [1.29, 1.82) is 0 Å². The van der Waals surface area contributed by atoms with Gasteiger partial charge in [0, 0.05) is 23.8 Å². The van der Waals surface area contributed by atoms with Gasteiger partial charge in [-0.05, 0) is 18.8 Å². The second kappa shape index (κ2) is 5.36. The van der Waals surface area contributed by atoms with E-state index in [1.54, 1.807) is 11.6 Å². The van der Waals surface area contributed by atoms with E-state index in [0.717, 1.165) is 19.3 Å². The molecular formula is C14H17N3O2S. The van der Waals surface area contributed by atoms with Crippen LogP contribution in [0.3, 0.4) is 0 Å². The van der Waals surface area contributed by atoms with Gasteiger partial charge in [0.15, 0.2) is 4.96 Å². The summed E-state index contributed by atoms with van der Waals surface area (Å²) in [5.41, 5.74) is -0.170. The summed E-state index contributed by atoms with van der Waals surface area (Å²) in [6.07, 6.45) is 7.36. The van der Waals surface area contributed by atoms with Gasteiger partial charge in [-0.25, -0.2) is 4.98 Å². The van der Waals surface area contributed by atoms with Gasteiger partial charge in [0.25, 0.3) is 11.5 Å². The second-order valence-corrected chi connectivity index (χ2v) is 6.35. The monoisotopic (exact) mass is 291 g/mol. The smallest absolute Gasteiger partial charge is 0.271 e. The lowest BCUT2D eigenvalue weighted by atomic mass is 9.87. The summed E-state index contributed by atoms with van der Waals surface area (Å²) in [4.78, 5) is 29.2. The number of rotatable bonds is 2. The van der Waals surface area contributed by atoms with E-state index >= 15 is 0 Å². The molecular weight excluding hydrogens is 274 g/mol. The van der Waals surface area contributed by atoms with Crippen molar-refractivity contribution in [2.45, 2.75) is 38.6 Å². The van der Waals surface area contributed by atoms with Gasteiger partial charge in [0.1, 0.15) is 5.56 Å². The zero-order valence-corrected chi connectivity index (χ0v) is 12.2. The quantitative estimate of drug-likeness (QED) is 0.921. The second-order valence-electron chi connectivity index (χ2n) is 5.47. The van der Waals surface area contributed by atoms with E-state index in [1.165, 1.54) is 28.4 Å². The molecule has 106 valence electrons. The molecule has 2 heterocycles. The lowest BCUT2D eigenvalue weighted by Gasteiger charge is -2.27. The number of carbonyl (C=O) groups is 1. The summed E-state index contributed by atoms with van der Waals surface area (Å²) in [5, 5.41) is 4.76. The number of amides is 1. The van der Waals surface area contributed by atoms with Crippen molar-refractivity contribution in [2.75, 3.05) is 0 Å². The molecule has 1 aliphatic carbocycles. The minimum absolute atomic E-state index is 0.124. The topological polar surface area (TPSA) is 63.5 Å². The Bertz CT molecular complexity index is 691. The van der Waals surface area contributed by atoms with Crippen molar-refractivity contribution in [3.05, 3.63) is 33.7 Å². The highest BCUT2D eigenvalue weighted by molar-refractivity contribution is 7.15. The molecule has 0 spiro atoms. The Morgan fingerprint density at radius 1 is 1.50 bits per heavy atom. The van der Waals surface area contributed by atoms with E-state index in [4.69, 9.17) is 0 Å². The van der Waals surface area contributed by atoms with E-state index in [-0.39, 0.29) is 23.1 Å². The normalized spacial score (nSPS) is 22.9. The van der Waals surface area contributed by atoms with Gasteiger partial charge in [0.2, 0.25) is 0 Å². The molecule has 6 heteroatoms. The molecule has 1 amide bonds. The number of nitrogens with zero attached hydrogens (tertiary/aromatic N) is 2. The summed E-state index contributed by atoms with van der Waals surface area (Å²) in [5.74, 6) is 0.329. The number of aromatic nitrogens is 2. The minimum Gasteiger partial charge on any atom is -0.349 e. The first-order valence-electron chi connectivity index (χ1n) is 6.91. The maximum absolute atomic E-state index is 12.2. The molecule has 3 rings (SSSR count). The fourth-order valence-corrected chi connectivity index (χ4v) is 3.48. The molecule has 2 unspecified atom stereocenters. The van der Waals surface area contributed by atoms with E-state index < -0.39 is 0 Å². The third kappa shape index (κ3) is 2.47. The van der Waals surface area contributed by atoms with E-state index in [1.807, 2.05) is 0 Å². The Kier molecular flexibility index (Phi) is 3.56. The van der Waals surface area contributed by atoms with Crippen LogP contribution in [0.4, 0.5) is 0 Å². The first-order valence-corrected chi connectivity index (χ1v) is 7.79. The SMILES string of the molecule is CC1CCCC(NC(=O)c2cnc3sccn3c2=O)C1. The summed E-state index contributed by atoms with van der Waals surface area (Å²) in [7, 11) is 0. The van der Waals surface area contributed by atoms with Gasteiger partial charge in [-0.1, -0.05) is 19.8 Å². The molecule has 2 aromatic rings. The largest absolute Gasteiger partial charge is 0.349 e. The predicted molar refractivity (Wildman–Crippen MR) is 78.2 cm³/mol. The Labute approximate surface area is 120 Å². The van der Waals surface area contributed by atoms with Crippen molar-refractivity contribution >= 4 is 22.2 Å². The first-order chi connectivity index (χ1) is 9.65. The van der Waals surface area contributed by atoms with E-state index in [0.29, 0.717) is 10.9 Å². The number of carbonyl (C=O) groups excluding carboxylic acids is 1. The highest BCUT2D eigenvalue weighted by atomic mass is 32.1. The predicted octanol–water partition coefficient (Wildman–Crippen LogP) is 2.06. The molecule has 0 saturated heterocycles. The summed E-state index contributed by atoms with van der Waals surface area (Å²) >= 11 is 1.38. The molecule has 0 radical (unpaired) electrons. The standard InChI is InChI=1S/C14H17N3O2S/c1-9-3-2-4-10(7-9)16-12(18)11-8-15-14-17(13(11)19)5-6-20-14/h5-6,8-10H,2-4,7H2,1H3,(H,16,18). The molecule has 0 aromatic carbocycles. The third-order valence-corrected chi connectivity index (χ3v) is 4.63. The van der Waals surface area contributed by atoms with Crippen LogP contribution in [0.5, 0.6) is 0 Å². The Morgan fingerprint density at radius 2 is 2.35 bits per heavy atom. The molecule has 5 nitrogen and oxygen atoms in total. The van der Waals surface area contributed by atoms with Crippen LogP contribution >= 0.6 is 11.3 Å². The third-order valence-electron chi connectivity index (χ3n) is 3.86. The van der Waals surface area contributed by atoms with Crippen LogP contribution in [0.2, 0.25) is 0 Å². The summed E-state index contributed by atoms with van der Waals surface area (Å²) in [6, 6.07) is 0.175. The number of hydrogen-bond donors (Lipinski definition) is 1. The average molecular weight is 291 g/mol. The van der Waals surface area contributed by atoms with Crippen molar-refractivity contribution < 1.29 is 4.79 Å². The molecule has 2 aromatic heterocycles. The van der Waals surface area contributed by atoms with Gasteiger partial charge in [0.05, 0.1) is 0 Å². The van der Waals surface area contributed by atoms with Crippen LogP contribution < -0.4 is 10.9 Å². The molecule has 1 N–H and O–H groups in total. The zero-order valence-electron chi connectivity index (χ0n) is 11.3. The number of fused-ring (bicyclic) bond motifs is 1. The average Bonchev–Trinajstić information content (AvgIpc) is 2.88. The van der Waals surface area contributed by atoms with Gasteiger partial charge < -0.3 is 5.32 Å². The first kappa shape index (κ1) is 13.3. The van der Waals surface area contributed by atoms with Gasteiger partial charge >= 0.3 is 0 Å². The molecule has 20 heavy (non-hydrogen) atoms. The highest BCUT2D eigenvalue weighted by Crippen LogP contribution is 2.23. The molecule has 1 fully saturated rings.